The molecule has 0 aliphatic heterocycles. The number of nitrogens with one attached hydrogen (secondary N) is 2. The van der Waals surface area contributed by atoms with Crippen LogP contribution in [-0.4, -0.2) is 24.1 Å². The Kier molecular flexibility index (Phi) is 7.44. The van der Waals surface area contributed by atoms with Crippen LogP contribution in [0.5, 0.6) is 5.75 Å². The summed E-state index contributed by atoms with van der Waals surface area (Å²) < 4.78 is 0. The minimum Gasteiger partial charge on any atom is -0.508 e. The Balaban J connectivity index is 2.37. The van der Waals surface area contributed by atoms with Gasteiger partial charge in [0.15, 0.2) is 0 Å². The second-order valence-electron chi connectivity index (χ2n) is 4.65. The topological polar surface area (TPSA) is 85.2 Å². The number of hydrogen-bond donors (Lipinski definition) is 3. The molecule has 0 atom stereocenters. The molecule has 1 aromatic carbocycles. The summed E-state index contributed by atoms with van der Waals surface area (Å²) in [5.41, 5.74) is 1.15. The van der Waals surface area contributed by atoms with Gasteiger partial charge in [0.05, 0.1) is 0 Å². The zero-order chi connectivity index (χ0) is 15.5. The number of phenols is 1. The van der Waals surface area contributed by atoms with Gasteiger partial charge in [-0.1, -0.05) is 25.5 Å². The number of rotatable bonds is 8. The fourth-order valence-electron chi connectivity index (χ4n) is 1.68. The smallest absolute Gasteiger partial charge is 0.263 e. The number of hydrogen-bond acceptors (Lipinski definition) is 4. The van der Waals surface area contributed by atoms with E-state index in [9.17, 15) is 9.90 Å². The van der Waals surface area contributed by atoms with Crippen molar-refractivity contribution in [3.8, 4) is 11.8 Å². The van der Waals surface area contributed by atoms with E-state index in [0.29, 0.717) is 13.1 Å². The average molecular weight is 287 g/mol. The molecule has 0 heterocycles. The van der Waals surface area contributed by atoms with Crippen molar-refractivity contribution in [2.75, 3.05) is 13.1 Å². The number of phenolic OH excluding ortho intramolecular Hbond substituents is 1. The van der Waals surface area contributed by atoms with Gasteiger partial charge in [0.25, 0.3) is 5.91 Å². The molecule has 0 aliphatic rings. The first-order chi connectivity index (χ1) is 10.2. The number of nitrogens with zero attached hydrogens (tertiary/aromatic N) is 1. The van der Waals surface area contributed by atoms with Crippen molar-refractivity contribution in [3.63, 3.8) is 0 Å². The van der Waals surface area contributed by atoms with Gasteiger partial charge < -0.3 is 15.7 Å². The van der Waals surface area contributed by atoms with Crippen LogP contribution < -0.4 is 10.6 Å². The minimum absolute atomic E-state index is 0.0804. The third kappa shape index (κ3) is 6.48. The molecule has 1 amide bonds. The molecule has 1 rings (SSSR count). The van der Waals surface area contributed by atoms with Crippen LogP contribution in [0.2, 0.25) is 0 Å². The van der Waals surface area contributed by atoms with Crippen LogP contribution >= 0.6 is 0 Å². The Labute approximate surface area is 125 Å². The Morgan fingerprint density at radius 3 is 2.67 bits per heavy atom. The van der Waals surface area contributed by atoms with Crippen LogP contribution in [0.4, 0.5) is 0 Å². The minimum atomic E-state index is -0.344. The number of carbonyl (C=O) groups is 1. The van der Waals surface area contributed by atoms with Crippen molar-refractivity contribution < 1.29 is 9.90 Å². The highest BCUT2D eigenvalue weighted by Crippen LogP contribution is 2.09. The quantitative estimate of drug-likeness (QED) is 0.387. The molecule has 5 nitrogen and oxygen atoms in total. The maximum Gasteiger partial charge on any atom is 0.263 e. The molecule has 0 saturated carbocycles. The molecular formula is C16H21N3O2. The SMILES string of the molecule is CCCCNC(=O)/C(C#N)=C\NCCc1ccc(O)cc1. The maximum atomic E-state index is 11.7. The van der Waals surface area contributed by atoms with E-state index < -0.39 is 0 Å². The van der Waals surface area contributed by atoms with Gasteiger partial charge >= 0.3 is 0 Å². The summed E-state index contributed by atoms with van der Waals surface area (Å²) in [5.74, 6) is -0.106. The monoisotopic (exact) mass is 287 g/mol. The van der Waals surface area contributed by atoms with Gasteiger partial charge in [-0.15, -0.1) is 0 Å². The van der Waals surface area contributed by atoms with E-state index in [1.165, 1.54) is 6.20 Å². The fraction of sp³-hybridized carbons (Fsp3) is 0.375. The largest absolute Gasteiger partial charge is 0.508 e. The van der Waals surface area contributed by atoms with Crippen LogP contribution in [0.3, 0.4) is 0 Å². The van der Waals surface area contributed by atoms with Crippen molar-refractivity contribution in [1.82, 2.24) is 10.6 Å². The van der Waals surface area contributed by atoms with Crippen molar-refractivity contribution in [1.29, 1.82) is 5.26 Å². The summed E-state index contributed by atoms with van der Waals surface area (Å²) in [6.45, 7) is 3.23. The summed E-state index contributed by atoms with van der Waals surface area (Å²) in [6, 6.07) is 8.83. The molecule has 0 saturated heterocycles. The van der Waals surface area contributed by atoms with Crippen LogP contribution in [0, 0.1) is 11.3 Å². The number of nitriles is 1. The molecule has 0 bridgehead atoms. The molecule has 0 fully saturated rings. The first kappa shape index (κ1) is 16.6. The van der Waals surface area contributed by atoms with E-state index in [2.05, 4.69) is 10.6 Å². The molecule has 0 aromatic heterocycles. The summed E-state index contributed by atoms with van der Waals surface area (Å²) in [6.07, 6.45) is 4.09. The lowest BCUT2D eigenvalue weighted by Crippen LogP contribution is -2.26. The predicted octanol–water partition coefficient (Wildman–Crippen LogP) is 1.85. The van der Waals surface area contributed by atoms with Gasteiger partial charge in [-0.25, -0.2) is 0 Å². The molecule has 0 aliphatic carbocycles. The summed E-state index contributed by atoms with van der Waals surface area (Å²) in [7, 11) is 0. The van der Waals surface area contributed by atoms with Gasteiger partial charge in [-0.3, -0.25) is 4.79 Å². The zero-order valence-corrected chi connectivity index (χ0v) is 12.2. The lowest BCUT2D eigenvalue weighted by molar-refractivity contribution is -0.117. The molecular weight excluding hydrogens is 266 g/mol. The Bertz CT molecular complexity index is 515. The second-order valence-corrected chi connectivity index (χ2v) is 4.65. The molecule has 1 aromatic rings. The number of amides is 1. The van der Waals surface area contributed by atoms with E-state index in [1.54, 1.807) is 12.1 Å². The molecule has 0 unspecified atom stereocenters. The molecule has 21 heavy (non-hydrogen) atoms. The van der Waals surface area contributed by atoms with Crippen molar-refractivity contribution >= 4 is 5.91 Å². The van der Waals surface area contributed by atoms with Gasteiger partial charge in [-0.2, -0.15) is 5.26 Å². The van der Waals surface area contributed by atoms with E-state index in [1.807, 2.05) is 25.1 Å². The second kappa shape index (κ2) is 9.43. The number of aromatic hydroxyl groups is 1. The van der Waals surface area contributed by atoms with E-state index in [4.69, 9.17) is 5.26 Å². The predicted molar refractivity (Wildman–Crippen MR) is 81.4 cm³/mol. The summed E-state index contributed by atoms with van der Waals surface area (Å²) in [4.78, 5) is 11.7. The maximum absolute atomic E-state index is 11.7. The van der Waals surface area contributed by atoms with E-state index in [0.717, 1.165) is 24.8 Å². The van der Waals surface area contributed by atoms with Crippen molar-refractivity contribution in [2.45, 2.75) is 26.2 Å². The van der Waals surface area contributed by atoms with Crippen LogP contribution in [0.25, 0.3) is 0 Å². The van der Waals surface area contributed by atoms with Crippen molar-refractivity contribution in [3.05, 3.63) is 41.6 Å². The Morgan fingerprint density at radius 2 is 2.05 bits per heavy atom. The normalized spacial score (nSPS) is 10.8. The number of carbonyl (C=O) groups excluding carboxylic acids is 1. The fourth-order valence-corrected chi connectivity index (χ4v) is 1.68. The van der Waals surface area contributed by atoms with Crippen LogP contribution in [-0.2, 0) is 11.2 Å². The lowest BCUT2D eigenvalue weighted by atomic mass is 10.1. The molecule has 5 heteroatoms. The molecule has 112 valence electrons. The first-order valence-electron chi connectivity index (χ1n) is 7.07. The van der Waals surface area contributed by atoms with Gasteiger partial charge in [0, 0.05) is 19.3 Å². The highest BCUT2D eigenvalue weighted by molar-refractivity contribution is 5.97. The third-order valence-electron chi connectivity index (χ3n) is 2.92. The number of benzene rings is 1. The molecule has 0 spiro atoms. The first-order valence-corrected chi connectivity index (χ1v) is 7.07. The van der Waals surface area contributed by atoms with Crippen LogP contribution in [0.1, 0.15) is 25.3 Å². The summed E-state index contributed by atoms with van der Waals surface area (Å²) >= 11 is 0. The standard InChI is InChI=1S/C16H21N3O2/c1-2-3-9-19-16(21)14(11-17)12-18-10-8-13-4-6-15(20)7-5-13/h4-7,12,18,20H,2-3,8-10H2,1H3,(H,19,21)/b14-12-. The van der Waals surface area contributed by atoms with Gasteiger partial charge in [0.2, 0.25) is 0 Å². The Morgan fingerprint density at radius 1 is 1.33 bits per heavy atom. The molecule has 3 N–H and O–H groups in total. The highest BCUT2D eigenvalue weighted by atomic mass is 16.3. The van der Waals surface area contributed by atoms with E-state index >= 15 is 0 Å². The highest BCUT2D eigenvalue weighted by Gasteiger charge is 2.06. The Hall–Kier alpha value is -2.48. The lowest BCUT2D eigenvalue weighted by Gasteiger charge is -2.05. The molecule has 0 radical (unpaired) electrons. The third-order valence-corrected chi connectivity index (χ3v) is 2.92. The zero-order valence-electron chi connectivity index (χ0n) is 12.2. The van der Waals surface area contributed by atoms with Crippen LogP contribution in [0.15, 0.2) is 36.0 Å². The average Bonchev–Trinajstić information content (AvgIpc) is 2.49. The summed E-state index contributed by atoms with van der Waals surface area (Å²) in [5, 5.41) is 23.8. The van der Waals surface area contributed by atoms with Gasteiger partial charge in [-0.05, 0) is 30.5 Å². The van der Waals surface area contributed by atoms with Gasteiger partial charge in [0.1, 0.15) is 17.4 Å². The van der Waals surface area contributed by atoms with E-state index in [-0.39, 0.29) is 17.2 Å². The van der Waals surface area contributed by atoms with Crippen molar-refractivity contribution in [2.24, 2.45) is 0 Å². The number of unbranched alkanes of at least 4 members (excludes halogenated alkanes) is 1.